The van der Waals surface area contributed by atoms with Crippen molar-refractivity contribution in [2.24, 2.45) is 12.1 Å². The molecule has 0 atom stereocenters. The summed E-state index contributed by atoms with van der Waals surface area (Å²) in [6.07, 6.45) is 0. The number of carbonyl (C=O) groups is 2. The standard InChI is InChI=1S/C24H21Cl2N5O3S2/c1-12-8-15(30-31(12)3)10-27-23(33)19-6-7-20(36-19)24(34)29-28-13(2)16-11-35-22(21(16)32)14-4-5-17(25)18(26)9-14/h4-9,11,32H,10H2,1-3H3,(H,27,33)(H,29,34)/b28-13+. The number of aromatic nitrogens is 2. The number of thiophene rings is 2. The maximum absolute atomic E-state index is 12.6. The SMILES string of the molecule is C/C(=N\NC(=O)c1ccc(C(=O)NCc2cc(C)n(C)n2)s1)c1csc(-c2ccc(Cl)c(Cl)c2)c1O. The zero-order valence-electron chi connectivity index (χ0n) is 19.4. The minimum absolute atomic E-state index is 0.0343. The van der Waals surface area contributed by atoms with Crippen LogP contribution in [0.2, 0.25) is 10.0 Å². The van der Waals surface area contributed by atoms with E-state index in [1.165, 1.54) is 11.3 Å². The number of halogens is 2. The zero-order chi connectivity index (χ0) is 26.0. The quantitative estimate of drug-likeness (QED) is 0.201. The van der Waals surface area contributed by atoms with Crippen LogP contribution in [-0.4, -0.2) is 32.4 Å². The van der Waals surface area contributed by atoms with E-state index < -0.39 is 5.91 Å². The highest BCUT2D eigenvalue weighted by Gasteiger charge is 2.17. The second-order valence-electron chi connectivity index (χ2n) is 7.84. The first-order valence-electron chi connectivity index (χ1n) is 10.6. The fourth-order valence-electron chi connectivity index (χ4n) is 3.26. The van der Waals surface area contributed by atoms with Crippen molar-refractivity contribution < 1.29 is 14.7 Å². The first-order chi connectivity index (χ1) is 17.1. The molecule has 186 valence electrons. The fourth-order valence-corrected chi connectivity index (χ4v) is 5.37. The van der Waals surface area contributed by atoms with Gasteiger partial charge < -0.3 is 10.4 Å². The van der Waals surface area contributed by atoms with Crippen molar-refractivity contribution in [3.05, 3.63) is 78.5 Å². The van der Waals surface area contributed by atoms with E-state index in [0.29, 0.717) is 36.0 Å². The smallest absolute Gasteiger partial charge is 0.281 e. The third-order valence-electron chi connectivity index (χ3n) is 5.31. The molecule has 0 radical (unpaired) electrons. The van der Waals surface area contributed by atoms with Crippen LogP contribution in [0.1, 0.15) is 43.2 Å². The van der Waals surface area contributed by atoms with Crippen LogP contribution in [0.15, 0.2) is 46.9 Å². The first-order valence-corrected chi connectivity index (χ1v) is 13.1. The highest BCUT2D eigenvalue weighted by Crippen LogP contribution is 2.40. The Hall–Kier alpha value is -3.18. The van der Waals surface area contributed by atoms with E-state index in [4.69, 9.17) is 23.2 Å². The largest absolute Gasteiger partial charge is 0.506 e. The Balaban J connectivity index is 1.39. The lowest BCUT2D eigenvalue weighted by molar-refractivity contribution is 0.0949. The number of aromatic hydroxyl groups is 1. The van der Waals surface area contributed by atoms with Gasteiger partial charge in [-0.25, -0.2) is 5.43 Å². The van der Waals surface area contributed by atoms with Crippen LogP contribution in [0.3, 0.4) is 0 Å². The van der Waals surface area contributed by atoms with Crippen LogP contribution < -0.4 is 10.7 Å². The molecule has 0 bridgehead atoms. The molecule has 3 heterocycles. The normalized spacial score (nSPS) is 11.5. The number of aryl methyl sites for hydroxylation is 2. The highest BCUT2D eigenvalue weighted by molar-refractivity contribution is 7.16. The lowest BCUT2D eigenvalue weighted by Gasteiger charge is -2.04. The van der Waals surface area contributed by atoms with Crippen LogP contribution in [0, 0.1) is 6.92 Å². The number of nitrogens with one attached hydrogen (secondary N) is 2. The number of benzene rings is 1. The van der Waals surface area contributed by atoms with Gasteiger partial charge in [0, 0.05) is 18.1 Å². The molecular weight excluding hydrogens is 541 g/mol. The molecule has 4 aromatic rings. The number of amides is 2. The van der Waals surface area contributed by atoms with E-state index in [1.54, 1.807) is 47.3 Å². The number of rotatable bonds is 7. The van der Waals surface area contributed by atoms with E-state index in [9.17, 15) is 14.7 Å². The number of hydrogen-bond acceptors (Lipinski definition) is 7. The number of hydrogen-bond donors (Lipinski definition) is 3. The Morgan fingerprint density at radius 3 is 2.50 bits per heavy atom. The third kappa shape index (κ3) is 5.62. The van der Waals surface area contributed by atoms with Gasteiger partial charge in [0.05, 0.1) is 48.2 Å². The van der Waals surface area contributed by atoms with Crippen LogP contribution in [0.4, 0.5) is 0 Å². The Labute approximate surface area is 225 Å². The Morgan fingerprint density at radius 2 is 1.83 bits per heavy atom. The summed E-state index contributed by atoms with van der Waals surface area (Å²) in [4.78, 5) is 26.4. The maximum atomic E-state index is 12.6. The summed E-state index contributed by atoms with van der Waals surface area (Å²) in [6, 6.07) is 10.1. The molecule has 0 spiro atoms. The summed E-state index contributed by atoms with van der Waals surface area (Å²) in [6.45, 7) is 3.89. The van der Waals surface area contributed by atoms with Crippen LogP contribution in [-0.2, 0) is 13.6 Å². The molecule has 0 saturated heterocycles. The minimum Gasteiger partial charge on any atom is -0.506 e. The number of carbonyl (C=O) groups excluding carboxylic acids is 2. The van der Waals surface area contributed by atoms with Gasteiger partial charge in [-0.1, -0.05) is 29.3 Å². The van der Waals surface area contributed by atoms with E-state index in [0.717, 1.165) is 28.3 Å². The molecule has 0 aliphatic heterocycles. The Kier molecular flexibility index (Phi) is 7.79. The van der Waals surface area contributed by atoms with Crippen molar-refractivity contribution in [3.8, 4) is 16.2 Å². The van der Waals surface area contributed by atoms with Gasteiger partial charge in [-0.05, 0) is 49.7 Å². The van der Waals surface area contributed by atoms with Crippen molar-refractivity contribution in [3.63, 3.8) is 0 Å². The van der Waals surface area contributed by atoms with Crippen LogP contribution in [0.5, 0.6) is 5.75 Å². The monoisotopic (exact) mass is 561 g/mol. The van der Waals surface area contributed by atoms with Crippen molar-refractivity contribution >= 4 is 63.4 Å². The van der Waals surface area contributed by atoms with E-state index in [2.05, 4.69) is 20.9 Å². The highest BCUT2D eigenvalue weighted by atomic mass is 35.5. The van der Waals surface area contributed by atoms with Crippen LogP contribution >= 0.6 is 45.9 Å². The molecule has 0 fully saturated rings. The number of nitrogens with zero attached hydrogens (tertiary/aromatic N) is 3. The van der Waals surface area contributed by atoms with Gasteiger partial charge in [-0.3, -0.25) is 14.3 Å². The average molecular weight is 563 g/mol. The fraction of sp³-hybridized carbons (Fsp3) is 0.167. The first kappa shape index (κ1) is 25.9. The molecule has 8 nitrogen and oxygen atoms in total. The predicted octanol–water partition coefficient (Wildman–Crippen LogP) is 5.61. The summed E-state index contributed by atoms with van der Waals surface area (Å²) < 4.78 is 1.74. The third-order valence-corrected chi connectivity index (χ3v) is 8.15. The Morgan fingerprint density at radius 1 is 1.11 bits per heavy atom. The van der Waals surface area contributed by atoms with Gasteiger partial charge in [0.25, 0.3) is 11.8 Å². The van der Waals surface area contributed by atoms with Gasteiger partial charge >= 0.3 is 0 Å². The molecule has 2 amide bonds. The molecule has 12 heteroatoms. The van der Waals surface area contributed by atoms with E-state index >= 15 is 0 Å². The molecule has 0 aliphatic carbocycles. The maximum Gasteiger partial charge on any atom is 0.281 e. The number of hydrazone groups is 1. The van der Waals surface area contributed by atoms with Gasteiger partial charge in [-0.2, -0.15) is 10.2 Å². The second kappa shape index (κ2) is 10.8. The second-order valence-corrected chi connectivity index (χ2v) is 10.6. The molecule has 3 N–H and O–H groups in total. The summed E-state index contributed by atoms with van der Waals surface area (Å²) in [5.41, 5.74) is 5.85. The molecule has 3 aromatic heterocycles. The van der Waals surface area contributed by atoms with Crippen molar-refractivity contribution in [1.82, 2.24) is 20.5 Å². The minimum atomic E-state index is -0.460. The molecule has 1 aromatic carbocycles. The average Bonchev–Trinajstić information content (AvgIpc) is 3.57. The molecule has 0 saturated carbocycles. The molecule has 0 unspecified atom stereocenters. The van der Waals surface area contributed by atoms with Gasteiger partial charge in [0.2, 0.25) is 0 Å². The van der Waals surface area contributed by atoms with Crippen molar-refractivity contribution in [2.45, 2.75) is 20.4 Å². The summed E-state index contributed by atoms with van der Waals surface area (Å²) >= 11 is 14.4. The van der Waals surface area contributed by atoms with Gasteiger partial charge in [-0.15, -0.1) is 22.7 Å². The van der Waals surface area contributed by atoms with Gasteiger partial charge in [0.15, 0.2) is 0 Å². The topological polar surface area (TPSA) is 109 Å². The lowest BCUT2D eigenvalue weighted by atomic mass is 10.1. The summed E-state index contributed by atoms with van der Waals surface area (Å²) in [7, 11) is 1.84. The molecule has 36 heavy (non-hydrogen) atoms. The predicted molar refractivity (Wildman–Crippen MR) is 145 cm³/mol. The van der Waals surface area contributed by atoms with Crippen molar-refractivity contribution in [1.29, 1.82) is 0 Å². The Bertz CT molecular complexity index is 1470. The van der Waals surface area contributed by atoms with Gasteiger partial charge in [0.1, 0.15) is 5.75 Å². The van der Waals surface area contributed by atoms with Crippen LogP contribution in [0.25, 0.3) is 10.4 Å². The van der Waals surface area contributed by atoms with E-state index in [-0.39, 0.29) is 18.2 Å². The summed E-state index contributed by atoms with van der Waals surface area (Å²) in [5.74, 6) is -0.717. The summed E-state index contributed by atoms with van der Waals surface area (Å²) in [5, 5.41) is 24.5. The molecule has 0 aliphatic rings. The zero-order valence-corrected chi connectivity index (χ0v) is 22.6. The lowest BCUT2D eigenvalue weighted by Crippen LogP contribution is -2.22. The van der Waals surface area contributed by atoms with E-state index in [1.807, 2.05) is 20.0 Å². The van der Waals surface area contributed by atoms with Crippen molar-refractivity contribution in [2.75, 3.05) is 0 Å². The molecule has 4 rings (SSSR count). The molecular formula is C24H21Cl2N5O3S2.